The van der Waals surface area contributed by atoms with Gasteiger partial charge in [-0.05, 0) is 43.0 Å². The lowest BCUT2D eigenvalue weighted by Gasteiger charge is -2.14. The number of likely N-dealkylation sites (tertiary alicyclic amines) is 1. The minimum absolute atomic E-state index is 0.109. The van der Waals surface area contributed by atoms with Crippen molar-refractivity contribution in [2.24, 2.45) is 0 Å². The molecule has 0 spiro atoms. The number of para-hydroxylation sites is 1. The standard InChI is InChI=1S/C22H22N4O2S2/c1-25-12-10-19(21(25)28)30-18-9-4-3-8-17(18)24-20(27)15-6-5-7-16(14-15)26-13-11-23-22(26)29-2/h3-9,11,13-14,19H,10,12H2,1-2H3,(H,24,27)/t19-/m0/s1. The Hall–Kier alpha value is -2.71. The molecule has 1 aliphatic rings. The van der Waals surface area contributed by atoms with E-state index >= 15 is 0 Å². The number of rotatable bonds is 6. The number of hydrogen-bond donors (Lipinski definition) is 1. The van der Waals surface area contributed by atoms with E-state index in [9.17, 15) is 9.59 Å². The van der Waals surface area contributed by atoms with Crippen LogP contribution in [0.4, 0.5) is 5.69 Å². The predicted molar refractivity (Wildman–Crippen MR) is 122 cm³/mol. The maximum Gasteiger partial charge on any atom is 0.255 e. The summed E-state index contributed by atoms with van der Waals surface area (Å²) in [6.07, 6.45) is 6.40. The Morgan fingerprint density at radius 2 is 2.03 bits per heavy atom. The molecule has 154 valence electrons. The molecule has 0 unspecified atom stereocenters. The van der Waals surface area contributed by atoms with Crippen LogP contribution in [0.5, 0.6) is 0 Å². The molecule has 3 aromatic rings. The number of nitrogens with zero attached hydrogens (tertiary/aromatic N) is 3. The molecule has 30 heavy (non-hydrogen) atoms. The van der Waals surface area contributed by atoms with Gasteiger partial charge in [0.15, 0.2) is 5.16 Å². The number of aromatic nitrogens is 2. The van der Waals surface area contributed by atoms with Crippen LogP contribution in [-0.2, 0) is 4.79 Å². The number of nitrogens with one attached hydrogen (secondary N) is 1. The van der Waals surface area contributed by atoms with E-state index in [1.165, 1.54) is 11.8 Å². The number of benzene rings is 2. The van der Waals surface area contributed by atoms with E-state index < -0.39 is 0 Å². The lowest BCUT2D eigenvalue weighted by Crippen LogP contribution is -2.23. The fourth-order valence-corrected chi connectivity index (χ4v) is 5.10. The van der Waals surface area contributed by atoms with Crippen LogP contribution in [0.1, 0.15) is 16.8 Å². The largest absolute Gasteiger partial charge is 0.345 e. The van der Waals surface area contributed by atoms with Gasteiger partial charge in [-0.25, -0.2) is 4.98 Å². The molecule has 1 saturated heterocycles. The zero-order valence-electron chi connectivity index (χ0n) is 16.7. The van der Waals surface area contributed by atoms with E-state index in [0.29, 0.717) is 11.3 Å². The summed E-state index contributed by atoms with van der Waals surface area (Å²) in [4.78, 5) is 32.2. The molecule has 1 fully saturated rings. The van der Waals surface area contributed by atoms with Gasteiger partial charge in [-0.1, -0.05) is 30.0 Å². The third-order valence-electron chi connectivity index (χ3n) is 4.96. The van der Waals surface area contributed by atoms with Gasteiger partial charge in [-0.15, -0.1) is 11.8 Å². The van der Waals surface area contributed by atoms with Gasteiger partial charge >= 0.3 is 0 Å². The Morgan fingerprint density at radius 3 is 2.80 bits per heavy atom. The maximum absolute atomic E-state index is 13.0. The van der Waals surface area contributed by atoms with Crippen molar-refractivity contribution < 1.29 is 9.59 Å². The van der Waals surface area contributed by atoms with E-state index in [4.69, 9.17) is 0 Å². The van der Waals surface area contributed by atoms with Crippen LogP contribution in [0.25, 0.3) is 5.69 Å². The molecule has 6 nitrogen and oxygen atoms in total. The van der Waals surface area contributed by atoms with Crippen molar-refractivity contribution in [2.45, 2.75) is 21.7 Å². The Kier molecular flexibility index (Phi) is 6.15. The second-order valence-electron chi connectivity index (χ2n) is 6.94. The average Bonchev–Trinajstić information content (AvgIpc) is 3.37. The Bertz CT molecular complexity index is 1080. The SMILES string of the molecule is CSc1nccn1-c1cccc(C(=O)Nc2ccccc2S[C@H]2CCN(C)C2=O)c1. The molecule has 0 saturated carbocycles. The molecule has 0 aliphatic carbocycles. The molecule has 8 heteroatoms. The highest BCUT2D eigenvalue weighted by Gasteiger charge is 2.30. The van der Waals surface area contributed by atoms with Crippen LogP contribution in [0.15, 0.2) is 71.0 Å². The molecule has 1 N–H and O–H groups in total. The normalized spacial score (nSPS) is 16.1. The number of hydrogen-bond acceptors (Lipinski definition) is 5. The van der Waals surface area contributed by atoms with Crippen molar-refractivity contribution in [2.75, 3.05) is 25.2 Å². The Labute approximate surface area is 184 Å². The number of imidazole rings is 1. The summed E-state index contributed by atoms with van der Waals surface area (Å²) in [5, 5.41) is 3.77. The van der Waals surface area contributed by atoms with Crippen molar-refractivity contribution in [3.63, 3.8) is 0 Å². The van der Waals surface area contributed by atoms with Gasteiger partial charge in [0.05, 0.1) is 10.9 Å². The maximum atomic E-state index is 13.0. The molecule has 2 heterocycles. The summed E-state index contributed by atoms with van der Waals surface area (Å²) in [7, 11) is 1.83. The summed E-state index contributed by atoms with van der Waals surface area (Å²) >= 11 is 3.06. The van der Waals surface area contributed by atoms with Gasteiger partial charge in [-0.2, -0.15) is 0 Å². The van der Waals surface area contributed by atoms with Gasteiger partial charge < -0.3 is 10.2 Å². The van der Waals surface area contributed by atoms with Gasteiger partial charge in [-0.3, -0.25) is 14.2 Å². The van der Waals surface area contributed by atoms with E-state index in [1.807, 2.05) is 66.5 Å². The van der Waals surface area contributed by atoms with E-state index in [-0.39, 0.29) is 17.1 Å². The average molecular weight is 439 g/mol. The molecule has 1 atom stereocenters. The van der Waals surface area contributed by atoms with Gasteiger partial charge in [0.25, 0.3) is 5.91 Å². The van der Waals surface area contributed by atoms with Crippen LogP contribution in [0.3, 0.4) is 0 Å². The first-order valence-electron chi connectivity index (χ1n) is 9.56. The van der Waals surface area contributed by atoms with Crippen LogP contribution in [-0.4, -0.2) is 51.4 Å². The molecule has 2 amide bonds. The van der Waals surface area contributed by atoms with Crippen LogP contribution in [0.2, 0.25) is 0 Å². The topological polar surface area (TPSA) is 67.2 Å². The fraction of sp³-hybridized carbons (Fsp3) is 0.227. The summed E-state index contributed by atoms with van der Waals surface area (Å²) in [6, 6.07) is 15.1. The first-order chi connectivity index (χ1) is 14.6. The van der Waals surface area contributed by atoms with Crippen LogP contribution >= 0.6 is 23.5 Å². The zero-order valence-corrected chi connectivity index (χ0v) is 18.4. The second kappa shape index (κ2) is 8.97. The number of thioether (sulfide) groups is 2. The smallest absolute Gasteiger partial charge is 0.255 e. The molecule has 1 aromatic heterocycles. The highest BCUT2D eigenvalue weighted by molar-refractivity contribution is 8.00. The molecule has 2 aromatic carbocycles. The van der Waals surface area contributed by atoms with Crippen LogP contribution < -0.4 is 5.32 Å². The summed E-state index contributed by atoms with van der Waals surface area (Å²) in [6.45, 7) is 0.768. The molecule has 0 radical (unpaired) electrons. The van der Waals surface area contributed by atoms with Crippen molar-refractivity contribution in [3.8, 4) is 5.69 Å². The van der Waals surface area contributed by atoms with Crippen molar-refractivity contribution >= 4 is 41.0 Å². The number of carbonyl (C=O) groups is 2. The monoisotopic (exact) mass is 438 g/mol. The highest BCUT2D eigenvalue weighted by Crippen LogP contribution is 2.35. The predicted octanol–water partition coefficient (Wildman–Crippen LogP) is 4.17. The third kappa shape index (κ3) is 4.24. The highest BCUT2D eigenvalue weighted by atomic mass is 32.2. The number of carbonyl (C=O) groups excluding carboxylic acids is 2. The Balaban J connectivity index is 1.54. The van der Waals surface area contributed by atoms with E-state index in [1.54, 1.807) is 28.9 Å². The lowest BCUT2D eigenvalue weighted by atomic mass is 10.2. The molecular formula is C22H22N4O2S2. The molecular weight excluding hydrogens is 416 g/mol. The Morgan fingerprint density at radius 1 is 1.20 bits per heavy atom. The first-order valence-corrected chi connectivity index (χ1v) is 11.7. The fourth-order valence-electron chi connectivity index (χ4n) is 3.35. The minimum Gasteiger partial charge on any atom is -0.345 e. The number of anilines is 1. The van der Waals surface area contributed by atoms with Crippen molar-refractivity contribution in [1.82, 2.24) is 14.5 Å². The molecule has 1 aliphatic heterocycles. The zero-order chi connectivity index (χ0) is 21.1. The van der Waals surface area contributed by atoms with Gasteiger partial charge in [0.1, 0.15) is 0 Å². The summed E-state index contributed by atoms with van der Waals surface area (Å²) in [5.41, 5.74) is 2.16. The van der Waals surface area contributed by atoms with Crippen molar-refractivity contribution in [1.29, 1.82) is 0 Å². The van der Waals surface area contributed by atoms with Gasteiger partial charge in [0.2, 0.25) is 5.91 Å². The molecule has 4 rings (SSSR count). The quantitative estimate of drug-likeness (QED) is 0.585. The van der Waals surface area contributed by atoms with E-state index in [2.05, 4.69) is 10.3 Å². The molecule has 0 bridgehead atoms. The van der Waals surface area contributed by atoms with E-state index in [0.717, 1.165) is 28.7 Å². The lowest BCUT2D eigenvalue weighted by molar-refractivity contribution is -0.126. The second-order valence-corrected chi connectivity index (χ2v) is 8.96. The van der Waals surface area contributed by atoms with Gasteiger partial charge in [0, 0.05) is 42.1 Å². The minimum atomic E-state index is -0.189. The van der Waals surface area contributed by atoms with Crippen molar-refractivity contribution in [3.05, 3.63) is 66.5 Å². The first kappa shape index (κ1) is 20.6. The number of amides is 2. The summed E-state index contributed by atoms with van der Waals surface area (Å²) < 4.78 is 1.95. The third-order valence-corrected chi connectivity index (χ3v) is 6.96. The van der Waals surface area contributed by atoms with Crippen LogP contribution in [0, 0.1) is 0 Å². The summed E-state index contributed by atoms with van der Waals surface area (Å²) in [5.74, 6) is -0.0515.